The molecule has 0 spiro atoms. The summed E-state index contributed by atoms with van der Waals surface area (Å²) in [7, 11) is 0. The Bertz CT molecular complexity index is 463. The van der Waals surface area contributed by atoms with E-state index in [2.05, 4.69) is 0 Å². The summed E-state index contributed by atoms with van der Waals surface area (Å²) in [4.78, 5) is 20.3. The Morgan fingerprint density at radius 1 is 1.61 bits per heavy atom. The summed E-state index contributed by atoms with van der Waals surface area (Å²) in [5.41, 5.74) is -0.475. The average molecular weight is 257 g/mol. The number of carboxylic acids is 1. The maximum Gasteiger partial charge on any atom is 0.313 e. The van der Waals surface area contributed by atoms with Crippen LogP contribution in [0.25, 0.3) is 0 Å². The van der Waals surface area contributed by atoms with E-state index in [9.17, 15) is 19.3 Å². The number of benzene rings is 1. The molecule has 1 aromatic carbocycles. The molecule has 0 amide bonds. The van der Waals surface area contributed by atoms with Crippen molar-refractivity contribution in [3.05, 3.63) is 34.1 Å². The summed E-state index contributed by atoms with van der Waals surface area (Å²) in [6.45, 7) is 1.59. The first kappa shape index (κ1) is 13.9. The summed E-state index contributed by atoms with van der Waals surface area (Å²) in [5.74, 6) is -1.77. The molecule has 1 atom stereocenters. The zero-order valence-corrected chi connectivity index (χ0v) is 9.63. The van der Waals surface area contributed by atoms with Crippen LogP contribution >= 0.6 is 0 Å². The third-order valence-corrected chi connectivity index (χ3v) is 2.21. The van der Waals surface area contributed by atoms with Gasteiger partial charge in [0, 0.05) is 6.42 Å². The number of hydrogen-bond donors (Lipinski definition) is 1. The molecule has 0 heterocycles. The zero-order valence-electron chi connectivity index (χ0n) is 9.63. The topological polar surface area (TPSA) is 89.7 Å². The highest BCUT2D eigenvalue weighted by molar-refractivity contribution is 5.66. The van der Waals surface area contributed by atoms with E-state index in [1.165, 1.54) is 0 Å². The van der Waals surface area contributed by atoms with E-state index >= 15 is 0 Å². The fourth-order valence-electron chi connectivity index (χ4n) is 1.34. The largest absolute Gasteiger partial charge is 0.484 e. The van der Waals surface area contributed by atoms with E-state index < -0.39 is 28.5 Å². The van der Waals surface area contributed by atoms with E-state index in [1.807, 2.05) is 0 Å². The number of aliphatic carboxylic acids is 1. The number of nitro groups is 1. The average Bonchev–Trinajstić information content (AvgIpc) is 2.28. The highest BCUT2D eigenvalue weighted by Crippen LogP contribution is 2.28. The van der Waals surface area contributed by atoms with Crippen molar-refractivity contribution in [2.24, 2.45) is 0 Å². The Kier molecular flexibility index (Phi) is 4.59. The van der Waals surface area contributed by atoms with Gasteiger partial charge < -0.3 is 9.84 Å². The van der Waals surface area contributed by atoms with Crippen LogP contribution in [0, 0.1) is 15.9 Å². The van der Waals surface area contributed by atoms with Crippen molar-refractivity contribution in [1.29, 1.82) is 0 Å². The number of nitrogens with zero attached hydrogens (tertiary/aromatic N) is 1. The van der Waals surface area contributed by atoms with E-state index in [1.54, 1.807) is 6.92 Å². The van der Waals surface area contributed by atoms with Gasteiger partial charge in [-0.25, -0.2) is 4.39 Å². The molecule has 7 heteroatoms. The predicted molar refractivity (Wildman–Crippen MR) is 60.0 cm³/mol. The van der Waals surface area contributed by atoms with Gasteiger partial charge in [-0.15, -0.1) is 0 Å². The lowest BCUT2D eigenvalue weighted by Crippen LogP contribution is -2.14. The molecule has 1 rings (SSSR count). The standard InChI is InChI=1S/C11H12FNO5/c1-7(2-5-11(14)15)18-10-4-3-8(12)6-9(10)13(16)17/h3-4,6-7H,2,5H2,1H3,(H,14,15). The lowest BCUT2D eigenvalue weighted by atomic mass is 10.2. The van der Waals surface area contributed by atoms with Crippen LogP contribution in [0.3, 0.4) is 0 Å². The van der Waals surface area contributed by atoms with Crippen molar-refractivity contribution in [3.8, 4) is 5.75 Å². The van der Waals surface area contributed by atoms with Gasteiger partial charge >= 0.3 is 11.7 Å². The number of carbonyl (C=O) groups is 1. The van der Waals surface area contributed by atoms with Gasteiger partial charge in [-0.05, 0) is 25.5 Å². The van der Waals surface area contributed by atoms with Crippen molar-refractivity contribution in [2.75, 3.05) is 0 Å². The van der Waals surface area contributed by atoms with Gasteiger partial charge in [-0.1, -0.05) is 0 Å². The Hall–Kier alpha value is -2.18. The number of ether oxygens (including phenoxy) is 1. The lowest BCUT2D eigenvalue weighted by Gasteiger charge is -2.13. The summed E-state index contributed by atoms with van der Waals surface area (Å²) in [6.07, 6.45) is -0.398. The number of carboxylic acid groups (broad SMARTS) is 1. The second kappa shape index (κ2) is 5.95. The number of hydrogen-bond acceptors (Lipinski definition) is 4. The third kappa shape index (κ3) is 4.00. The fourth-order valence-corrected chi connectivity index (χ4v) is 1.34. The number of halogens is 1. The Labute approximate surface area is 102 Å². The molecule has 0 fully saturated rings. The monoisotopic (exact) mass is 257 g/mol. The summed E-state index contributed by atoms with van der Waals surface area (Å²) < 4.78 is 18.1. The first-order valence-electron chi connectivity index (χ1n) is 5.22. The molecule has 0 bridgehead atoms. The highest BCUT2D eigenvalue weighted by Gasteiger charge is 2.18. The quantitative estimate of drug-likeness (QED) is 0.624. The predicted octanol–water partition coefficient (Wildman–Crippen LogP) is 2.37. The van der Waals surface area contributed by atoms with Gasteiger partial charge in [-0.3, -0.25) is 14.9 Å². The molecule has 1 aromatic rings. The van der Waals surface area contributed by atoms with Crippen molar-refractivity contribution in [2.45, 2.75) is 25.9 Å². The molecule has 6 nitrogen and oxygen atoms in total. The maximum atomic E-state index is 12.9. The molecule has 0 saturated heterocycles. The Balaban J connectivity index is 2.77. The Morgan fingerprint density at radius 3 is 2.83 bits per heavy atom. The molecule has 0 aliphatic rings. The molecule has 1 unspecified atom stereocenters. The van der Waals surface area contributed by atoms with Gasteiger partial charge in [0.15, 0.2) is 5.75 Å². The molecule has 0 aliphatic carbocycles. The van der Waals surface area contributed by atoms with Crippen molar-refractivity contribution in [3.63, 3.8) is 0 Å². The van der Waals surface area contributed by atoms with Crippen LogP contribution in [0.1, 0.15) is 19.8 Å². The molecular weight excluding hydrogens is 245 g/mol. The second-order valence-electron chi connectivity index (χ2n) is 3.73. The molecule has 0 radical (unpaired) electrons. The van der Waals surface area contributed by atoms with Crippen LogP contribution in [-0.4, -0.2) is 22.1 Å². The van der Waals surface area contributed by atoms with E-state index in [-0.39, 0.29) is 18.6 Å². The summed E-state index contributed by atoms with van der Waals surface area (Å²) in [5, 5.41) is 19.2. The van der Waals surface area contributed by atoms with Crippen LogP contribution in [0.2, 0.25) is 0 Å². The van der Waals surface area contributed by atoms with Gasteiger partial charge in [-0.2, -0.15) is 0 Å². The minimum Gasteiger partial charge on any atom is -0.484 e. The van der Waals surface area contributed by atoms with Crippen molar-refractivity contribution in [1.82, 2.24) is 0 Å². The van der Waals surface area contributed by atoms with E-state index in [0.717, 1.165) is 18.2 Å². The van der Waals surface area contributed by atoms with Crippen LogP contribution in [0.15, 0.2) is 18.2 Å². The minimum atomic E-state index is -0.973. The van der Waals surface area contributed by atoms with Crippen LogP contribution < -0.4 is 4.74 Å². The molecule has 0 aliphatic heterocycles. The maximum absolute atomic E-state index is 12.9. The normalized spacial score (nSPS) is 11.9. The molecule has 1 N–H and O–H groups in total. The van der Waals surface area contributed by atoms with Crippen LogP contribution in [0.5, 0.6) is 5.75 Å². The molecular formula is C11H12FNO5. The van der Waals surface area contributed by atoms with Gasteiger partial charge in [0.1, 0.15) is 5.82 Å². The minimum absolute atomic E-state index is 0.0701. The second-order valence-corrected chi connectivity index (χ2v) is 3.73. The number of rotatable bonds is 6. The van der Waals surface area contributed by atoms with E-state index in [0.29, 0.717) is 0 Å². The Morgan fingerprint density at radius 2 is 2.28 bits per heavy atom. The molecule has 0 saturated carbocycles. The molecule has 18 heavy (non-hydrogen) atoms. The first-order chi connectivity index (χ1) is 8.40. The van der Waals surface area contributed by atoms with E-state index in [4.69, 9.17) is 9.84 Å². The zero-order chi connectivity index (χ0) is 13.7. The molecule has 0 aromatic heterocycles. The fraction of sp³-hybridized carbons (Fsp3) is 0.364. The molecule has 98 valence electrons. The lowest BCUT2D eigenvalue weighted by molar-refractivity contribution is -0.386. The van der Waals surface area contributed by atoms with Crippen molar-refractivity contribution < 1.29 is 24.0 Å². The highest BCUT2D eigenvalue weighted by atomic mass is 19.1. The van der Waals surface area contributed by atoms with Crippen LogP contribution in [-0.2, 0) is 4.79 Å². The SMILES string of the molecule is CC(CCC(=O)O)Oc1ccc(F)cc1[N+](=O)[O-]. The summed E-state index contributed by atoms with van der Waals surface area (Å²) in [6, 6.07) is 2.97. The third-order valence-electron chi connectivity index (χ3n) is 2.21. The van der Waals surface area contributed by atoms with Crippen LogP contribution in [0.4, 0.5) is 10.1 Å². The van der Waals surface area contributed by atoms with Gasteiger partial charge in [0.25, 0.3) is 0 Å². The first-order valence-corrected chi connectivity index (χ1v) is 5.22. The van der Waals surface area contributed by atoms with Gasteiger partial charge in [0.05, 0.1) is 17.1 Å². The van der Waals surface area contributed by atoms with Gasteiger partial charge in [0.2, 0.25) is 0 Å². The smallest absolute Gasteiger partial charge is 0.313 e. The number of nitro benzene ring substituents is 1. The summed E-state index contributed by atoms with van der Waals surface area (Å²) >= 11 is 0. The van der Waals surface area contributed by atoms with Crippen molar-refractivity contribution >= 4 is 11.7 Å².